The van der Waals surface area contributed by atoms with E-state index in [1.54, 1.807) is 0 Å². The lowest BCUT2D eigenvalue weighted by atomic mass is 10.1. The third-order valence-corrected chi connectivity index (χ3v) is 4.24. The van der Waals surface area contributed by atoms with Crippen molar-refractivity contribution in [2.75, 3.05) is 17.2 Å². The van der Waals surface area contributed by atoms with Crippen LogP contribution in [0.1, 0.15) is 57.7 Å². The first-order valence-electron chi connectivity index (χ1n) is 7.65. The second kappa shape index (κ2) is 5.35. The second-order valence-electron chi connectivity index (χ2n) is 5.96. The van der Waals surface area contributed by atoms with Crippen LogP contribution in [0.2, 0.25) is 0 Å². The van der Waals surface area contributed by atoms with Crippen LogP contribution in [0, 0.1) is 5.92 Å². The molecule has 19 heavy (non-hydrogen) atoms. The summed E-state index contributed by atoms with van der Waals surface area (Å²) in [7, 11) is 0. The van der Waals surface area contributed by atoms with Gasteiger partial charge in [0.05, 0.1) is 0 Å². The third-order valence-electron chi connectivity index (χ3n) is 4.24. The molecular formula is C15H24N4. The van der Waals surface area contributed by atoms with Crippen LogP contribution in [-0.4, -0.2) is 22.6 Å². The monoisotopic (exact) mass is 260 g/mol. The molecule has 0 radical (unpaired) electrons. The Bertz CT molecular complexity index is 442. The summed E-state index contributed by atoms with van der Waals surface area (Å²) in [6.07, 6.45) is 6.42. The SMILES string of the molecule is CCNc1cc(NC2CCCC2C)nc(C2CC2)n1. The Kier molecular flexibility index (Phi) is 3.58. The zero-order chi connectivity index (χ0) is 13.2. The Balaban J connectivity index is 1.78. The first-order chi connectivity index (χ1) is 9.26. The third kappa shape index (κ3) is 2.99. The zero-order valence-electron chi connectivity index (χ0n) is 11.9. The van der Waals surface area contributed by atoms with E-state index >= 15 is 0 Å². The molecule has 1 aromatic heterocycles. The largest absolute Gasteiger partial charge is 0.370 e. The highest BCUT2D eigenvalue weighted by atomic mass is 15.1. The fourth-order valence-electron chi connectivity index (χ4n) is 2.89. The Labute approximate surface area is 115 Å². The van der Waals surface area contributed by atoms with E-state index in [4.69, 9.17) is 4.98 Å². The van der Waals surface area contributed by atoms with Gasteiger partial charge in [0, 0.05) is 24.6 Å². The highest BCUT2D eigenvalue weighted by Gasteiger charge is 2.28. The van der Waals surface area contributed by atoms with E-state index in [1.807, 2.05) is 0 Å². The van der Waals surface area contributed by atoms with E-state index in [2.05, 4.69) is 35.5 Å². The van der Waals surface area contributed by atoms with Crippen LogP contribution in [0.4, 0.5) is 11.6 Å². The van der Waals surface area contributed by atoms with Crippen molar-refractivity contribution in [3.8, 4) is 0 Å². The van der Waals surface area contributed by atoms with Gasteiger partial charge in [-0.15, -0.1) is 0 Å². The molecule has 0 saturated heterocycles. The summed E-state index contributed by atoms with van der Waals surface area (Å²) in [6, 6.07) is 2.64. The fraction of sp³-hybridized carbons (Fsp3) is 0.733. The average molecular weight is 260 g/mol. The summed E-state index contributed by atoms with van der Waals surface area (Å²) in [5, 5.41) is 6.94. The van der Waals surface area contributed by atoms with Gasteiger partial charge in [-0.05, 0) is 38.5 Å². The maximum atomic E-state index is 4.71. The molecule has 2 saturated carbocycles. The van der Waals surface area contributed by atoms with Gasteiger partial charge in [0.15, 0.2) is 0 Å². The van der Waals surface area contributed by atoms with Gasteiger partial charge in [0.2, 0.25) is 0 Å². The fourth-order valence-corrected chi connectivity index (χ4v) is 2.89. The lowest BCUT2D eigenvalue weighted by Gasteiger charge is -2.19. The summed E-state index contributed by atoms with van der Waals surface area (Å²) < 4.78 is 0. The van der Waals surface area contributed by atoms with E-state index in [1.165, 1.54) is 32.1 Å². The Hall–Kier alpha value is -1.32. The lowest BCUT2D eigenvalue weighted by Crippen LogP contribution is -2.23. The van der Waals surface area contributed by atoms with E-state index in [0.717, 1.165) is 29.9 Å². The molecule has 0 aliphatic heterocycles. The minimum atomic E-state index is 0.580. The van der Waals surface area contributed by atoms with Crippen molar-refractivity contribution in [2.24, 2.45) is 5.92 Å². The summed E-state index contributed by atoms with van der Waals surface area (Å²) in [6.45, 7) is 5.34. The molecule has 3 rings (SSSR count). The first kappa shape index (κ1) is 12.7. The molecule has 0 spiro atoms. The number of hydrogen-bond donors (Lipinski definition) is 2. The van der Waals surface area contributed by atoms with Crippen LogP contribution in [0.5, 0.6) is 0 Å². The van der Waals surface area contributed by atoms with Gasteiger partial charge in [0.1, 0.15) is 17.5 Å². The maximum Gasteiger partial charge on any atom is 0.136 e. The first-order valence-corrected chi connectivity index (χ1v) is 7.65. The molecule has 2 N–H and O–H groups in total. The minimum Gasteiger partial charge on any atom is -0.370 e. The van der Waals surface area contributed by atoms with Gasteiger partial charge in [-0.3, -0.25) is 0 Å². The van der Waals surface area contributed by atoms with Crippen molar-refractivity contribution in [1.29, 1.82) is 0 Å². The molecule has 0 amide bonds. The Morgan fingerprint density at radius 3 is 2.58 bits per heavy atom. The molecule has 1 heterocycles. The number of hydrogen-bond acceptors (Lipinski definition) is 4. The number of anilines is 2. The van der Waals surface area contributed by atoms with Gasteiger partial charge in [0.25, 0.3) is 0 Å². The summed E-state index contributed by atoms with van der Waals surface area (Å²) in [5.41, 5.74) is 0. The molecular weight excluding hydrogens is 236 g/mol. The van der Waals surface area contributed by atoms with Gasteiger partial charge in [-0.2, -0.15) is 0 Å². The predicted molar refractivity (Wildman–Crippen MR) is 78.6 cm³/mol. The average Bonchev–Trinajstić information content (AvgIpc) is 3.16. The molecule has 2 aliphatic rings. The van der Waals surface area contributed by atoms with Crippen LogP contribution in [-0.2, 0) is 0 Å². The summed E-state index contributed by atoms with van der Waals surface area (Å²) in [5.74, 6) is 4.34. The van der Waals surface area contributed by atoms with Crippen molar-refractivity contribution < 1.29 is 0 Å². The maximum absolute atomic E-state index is 4.71. The minimum absolute atomic E-state index is 0.580. The van der Waals surface area contributed by atoms with E-state index in [-0.39, 0.29) is 0 Å². The number of nitrogens with zero attached hydrogens (tertiary/aromatic N) is 2. The van der Waals surface area contributed by atoms with Gasteiger partial charge in [-0.25, -0.2) is 9.97 Å². The summed E-state index contributed by atoms with van der Waals surface area (Å²) >= 11 is 0. The van der Waals surface area contributed by atoms with Crippen molar-refractivity contribution in [1.82, 2.24) is 9.97 Å². The molecule has 4 nitrogen and oxygen atoms in total. The molecule has 0 bridgehead atoms. The van der Waals surface area contributed by atoms with Crippen LogP contribution in [0.15, 0.2) is 6.07 Å². The van der Waals surface area contributed by atoms with E-state index in [0.29, 0.717) is 12.0 Å². The zero-order valence-corrected chi connectivity index (χ0v) is 11.9. The van der Waals surface area contributed by atoms with E-state index in [9.17, 15) is 0 Å². The molecule has 2 atom stereocenters. The molecule has 2 unspecified atom stereocenters. The second-order valence-corrected chi connectivity index (χ2v) is 5.96. The quantitative estimate of drug-likeness (QED) is 0.852. The topological polar surface area (TPSA) is 49.8 Å². The van der Waals surface area contributed by atoms with Crippen molar-refractivity contribution in [2.45, 2.75) is 57.9 Å². The normalized spacial score (nSPS) is 26.4. The highest BCUT2D eigenvalue weighted by Crippen LogP contribution is 2.39. The molecule has 1 aromatic rings. The number of rotatable bonds is 5. The van der Waals surface area contributed by atoms with Crippen molar-refractivity contribution in [3.05, 3.63) is 11.9 Å². The van der Waals surface area contributed by atoms with Gasteiger partial charge in [-0.1, -0.05) is 13.3 Å². The summed E-state index contributed by atoms with van der Waals surface area (Å²) in [4.78, 5) is 9.33. The van der Waals surface area contributed by atoms with Crippen molar-refractivity contribution in [3.63, 3.8) is 0 Å². The molecule has 4 heteroatoms. The van der Waals surface area contributed by atoms with Crippen LogP contribution < -0.4 is 10.6 Å². The van der Waals surface area contributed by atoms with Crippen molar-refractivity contribution >= 4 is 11.6 Å². The molecule has 0 aromatic carbocycles. The molecule has 2 fully saturated rings. The molecule has 104 valence electrons. The van der Waals surface area contributed by atoms with Crippen LogP contribution in [0.3, 0.4) is 0 Å². The smallest absolute Gasteiger partial charge is 0.136 e. The highest BCUT2D eigenvalue weighted by molar-refractivity contribution is 5.48. The lowest BCUT2D eigenvalue weighted by molar-refractivity contribution is 0.554. The number of aromatic nitrogens is 2. The van der Waals surface area contributed by atoms with Gasteiger partial charge >= 0.3 is 0 Å². The number of nitrogens with one attached hydrogen (secondary N) is 2. The van der Waals surface area contributed by atoms with Crippen LogP contribution in [0.25, 0.3) is 0 Å². The van der Waals surface area contributed by atoms with E-state index < -0.39 is 0 Å². The molecule has 2 aliphatic carbocycles. The Morgan fingerprint density at radius 2 is 1.95 bits per heavy atom. The van der Waals surface area contributed by atoms with Crippen LogP contribution >= 0.6 is 0 Å². The van der Waals surface area contributed by atoms with Gasteiger partial charge < -0.3 is 10.6 Å². The predicted octanol–water partition coefficient (Wildman–Crippen LogP) is 3.39. The standard InChI is InChI=1S/C15H24N4/c1-3-16-13-9-14(17-12-6-4-5-10(12)2)19-15(18-13)11-7-8-11/h9-12H,3-8H2,1-2H3,(H2,16,17,18,19). The Morgan fingerprint density at radius 1 is 1.16 bits per heavy atom.